The Kier molecular flexibility index (Phi) is 5.65. The van der Waals surface area contributed by atoms with Crippen LogP contribution in [0.2, 0.25) is 0 Å². The summed E-state index contributed by atoms with van der Waals surface area (Å²) < 4.78 is 7.15. The maximum Gasteiger partial charge on any atom is 0.0596 e. The molecule has 0 aromatic carbocycles. The molecule has 0 saturated carbocycles. The molecule has 0 bridgehead atoms. The first-order chi connectivity index (χ1) is 8.06. The third-order valence-corrected chi connectivity index (χ3v) is 3.10. The molecule has 0 fully saturated rings. The summed E-state index contributed by atoms with van der Waals surface area (Å²) in [6, 6.07) is 2.64. The van der Waals surface area contributed by atoms with Gasteiger partial charge in [-0.15, -0.1) is 0 Å². The van der Waals surface area contributed by atoms with Gasteiger partial charge >= 0.3 is 0 Å². The first kappa shape index (κ1) is 14.2. The van der Waals surface area contributed by atoms with Gasteiger partial charge in [0.1, 0.15) is 0 Å². The van der Waals surface area contributed by atoms with Crippen LogP contribution in [0.5, 0.6) is 0 Å². The highest BCUT2D eigenvalue weighted by atomic mass is 16.5. The van der Waals surface area contributed by atoms with Crippen LogP contribution in [0.4, 0.5) is 0 Å². The molecule has 98 valence electrons. The maximum absolute atomic E-state index is 5.18. The molecule has 0 radical (unpaired) electrons. The maximum atomic E-state index is 5.18. The van der Waals surface area contributed by atoms with Gasteiger partial charge < -0.3 is 10.1 Å². The Morgan fingerprint density at radius 3 is 2.71 bits per heavy atom. The number of ether oxygens (including phenoxy) is 1. The van der Waals surface area contributed by atoms with E-state index in [0.29, 0.717) is 12.0 Å². The van der Waals surface area contributed by atoms with Crippen molar-refractivity contribution in [2.45, 2.75) is 32.7 Å². The number of hydrogen-bond donors (Lipinski definition) is 1. The number of aryl methyl sites for hydroxylation is 2. The topological polar surface area (TPSA) is 39.1 Å². The third kappa shape index (κ3) is 4.48. The Morgan fingerprint density at radius 2 is 2.24 bits per heavy atom. The first-order valence-electron chi connectivity index (χ1n) is 6.22. The summed E-state index contributed by atoms with van der Waals surface area (Å²) in [6.07, 6.45) is 2.14. The van der Waals surface area contributed by atoms with E-state index in [9.17, 15) is 0 Å². The molecule has 0 aliphatic heterocycles. The number of nitrogens with one attached hydrogen (secondary N) is 1. The van der Waals surface area contributed by atoms with Crippen molar-refractivity contribution in [1.82, 2.24) is 15.1 Å². The number of aromatic nitrogens is 2. The number of likely N-dealkylation sites (N-methyl/N-ethyl adjacent to an activating group) is 1. The standard InChI is InChI=1S/C13H25N3O/c1-10(9-17-5)6-12(14-3)8-13-7-11(2)15-16(13)4/h7,10,12,14H,6,8-9H2,1-5H3. The Balaban J connectivity index is 2.54. The second-order valence-electron chi connectivity index (χ2n) is 4.89. The lowest BCUT2D eigenvalue weighted by molar-refractivity contribution is 0.149. The minimum absolute atomic E-state index is 0.481. The molecule has 1 N–H and O–H groups in total. The lowest BCUT2D eigenvalue weighted by Gasteiger charge is -2.20. The van der Waals surface area contributed by atoms with E-state index in [0.717, 1.165) is 25.1 Å². The van der Waals surface area contributed by atoms with E-state index in [1.54, 1.807) is 7.11 Å². The predicted octanol–water partition coefficient (Wildman–Crippen LogP) is 1.53. The van der Waals surface area contributed by atoms with Gasteiger partial charge in [0.15, 0.2) is 0 Å². The molecule has 0 aliphatic carbocycles. The fraction of sp³-hybridized carbons (Fsp3) is 0.769. The molecule has 1 rings (SSSR count). The van der Waals surface area contributed by atoms with Gasteiger partial charge in [0, 0.05) is 38.9 Å². The summed E-state index contributed by atoms with van der Waals surface area (Å²) in [5.74, 6) is 0.576. The second-order valence-corrected chi connectivity index (χ2v) is 4.89. The van der Waals surface area contributed by atoms with E-state index >= 15 is 0 Å². The van der Waals surface area contributed by atoms with Gasteiger partial charge in [0.05, 0.1) is 5.69 Å². The van der Waals surface area contributed by atoms with Crippen molar-refractivity contribution in [3.05, 3.63) is 17.5 Å². The molecule has 0 aliphatic rings. The molecule has 17 heavy (non-hydrogen) atoms. The van der Waals surface area contributed by atoms with Crippen molar-refractivity contribution in [3.8, 4) is 0 Å². The van der Waals surface area contributed by atoms with E-state index < -0.39 is 0 Å². The van der Waals surface area contributed by atoms with Crippen LogP contribution in [0.3, 0.4) is 0 Å². The highest BCUT2D eigenvalue weighted by Gasteiger charge is 2.14. The smallest absolute Gasteiger partial charge is 0.0596 e. The third-order valence-electron chi connectivity index (χ3n) is 3.10. The Hall–Kier alpha value is -0.870. The fourth-order valence-corrected chi connectivity index (χ4v) is 2.25. The van der Waals surface area contributed by atoms with Crippen LogP contribution in [0.25, 0.3) is 0 Å². The van der Waals surface area contributed by atoms with Crippen LogP contribution in [0, 0.1) is 12.8 Å². The lowest BCUT2D eigenvalue weighted by Crippen LogP contribution is -2.31. The van der Waals surface area contributed by atoms with Crippen LogP contribution in [0.1, 0.15) is 24.7 Å². The van der Waals surface area contributed by atoms with E-state index in [1.807, 2.05) is 25.7 Å². The molecule has 1 heterocycles. The van der Waals surface area contributed by atoms with Crippen LogP contribution in [-0.4, -0.2) is 36.6 Å². The molecule has 1 aromatic rings. The van der Waals surface area contributed by atoms with E-state index in [4.69, 9.17) is 4.74 Å². The highest BCUT2D eigenvalue weighted by molar-refractivity contribution is 5.10. The Bertz CT molecular complexity index is 335. The zero-order valence-corrected chi connectivity index (χ0v) is 11.7. The molecular formula is C13H25N3O. The Morgan fingerprint density at radius 1 is 1.53 bits per heavy atom. The normalized spacial score (nSPS) is 14.9. The van der Waals surface area contributed by atoms with Crippen LogP contribution in [-0.2, 0) is 18.2 Å². The molecule has 0 amide bonds. The summed E-state index contributed by atoms with van der Waals surface area (Å²) in [7, 11) is 5.79. The number of hydrogen-bond acceptors (Lipinski definition) is 3. The zero-order chi connectivity index (χ0) is 12.8. The van der Waals surface area contributed by atoms with Crippen molar-refractivity contribution < 1.29 is 4.74 Å². The van der Waals surface area contributed by atoms with Gasteiger partial charge in [-0.1, -0.05) is 6.92 Å². The van der Waals surface area contributed by atoms with E-state index in [1.165, 1.54) is 5.69 Å². The summed E-state index contributed by atoms with van der Waals surface area (Å²) in [6.45, 7) is 5.08. The molecule has 0 spiro atoms. The summed E-state index contributed by atoms with van der Waals surface area (Å²) in [4.78, 5) is 0. The molecular weight excluding hydrogens is 214 g/mol. The quantitative estimate of drug-likeness (QED) is 0.784. The van der Waals surface area contributed by atoms with Crippen molar-refractivity contribution >= 4 is 0 Å². The molecule has 4 nitrogen and oxygen atoms in total. The minimum atomic E-state index is 0.481. The minimum Gasteiger partial charge on any atom is -0.384 e. The highest BCUT2D eigenvalue weighted by Crippen LogP contribution is 2.12. The van der Waals surface area contributed by atoms with Crippen LogP contribution < -0.4 is 5.32 Å². The van der Waals surface area contributed by atoms with Crippen LogP contribution >= 0.6 is 0 Å². The predicted molar refractivity (Wildman–Crippen MR) is 70.2 cm³/mol. The monoisotopic (exact) mass is 239 g/mol. The average molecular weight is 239 g/mol. The van der Waals surface area contributed by atoms with Gasteiger partial charge in [0.2, 0.25) is 0 Å². The lowest BCUT2D eigenvalue weighted by atomic mass is 9.99. The molecule has 2 unspecified atom stereocenters. The number of nitrogens with zero attached hydrogens (tertiary/aromatic N) is 2. The van der Waals surface area contributed by atoms with Crippen molar-refractivity contribution in [1.29, 1.82) is 0 Å². The van der Waals surface area contributed by atoms with Crippen molar-refractivity contribution in [2.75, 3.05) is 20.8 Å². The Labute approximate surface area is 104 Å². The van der Waals surface area contributed by atoms with Crippen molar-refractivity contribution in [3.63, 3.8) is 0 Å². The van der Waals surface area contributed by atoms with Crippen LogP contribution in [0.15, 0.2) is 6.07 Å². The van der Waals surface area contributed by atoms with Gasteiger partial charge in [-0.25, -0.2) is 0 Å². The summed E-state index contributed by atoms with van der Waals surface area (Å²) in [5, 5.41) is 7.76. The average Bonchev–Trinajstić information content (AvgIpc) is 2.56. The number of rotatable bonds is 7. The first-order valence-corrected chi connectivity index (χ1v) is 6.22. The molecule has 1 aromatic heterocycles. The fourth-order valence-electron chi connectivity index (χ4n) is 2.25. The number of methoxy groups -OCH3 is 1. The summed E-state index contributed by atoms with van der Waals surface area (Å²) >= 11 is 0. The van der Waals surface area contributed by atoms with E-state index in [-0.39, 0.29) is 0 Å². The van der Waals surface area contributed by atoms with Gasteiger partial charge in [-0.05, 0) is 32.4 Å². The largest absolute Gasteiger partial charge is 0.384 e. The molecule has 2 atom stereocenters. The van der Waals surface area contributed by atoms with E-state index in [2.05, 4.69) is 23.4 Å². The second kappa shape index (κ2) is 6.77. The SMILES string of the molecule is CNC(Cc1cc(C)nn1C)CC(C)COC. The van der Waals surface area contributed by atoms with Crippen molar-refractivity contribution in [2.24, 2.45) is 13.0 Å². The van der Waals surface area contributed by atoms with Gasteiger partial charge in [0.25, 0.3) is 0 Å². The van der Waals surface area contributed by atoms with Gasteiger partial charge in [-0.2, -0.15) is 5.10 Å². The summed E-state index contributed by atoms with van der Waals surface area (Å²) in [5.41, 5.74) is 2.37. The van der Waals surface area contributed by atoms with Gasteiger partial charge in [-0.3, -0.25) is 4.68 Å². The molecule has 4 heteroatoms. The molecule has 0 saturated heterocycles. The zero-order valence-electron chi connectivity index (χ0n) is 11.7.